The molecular weight excluding hydrogens is 302 g/mol. The number of ether oxygens (including phenoxy) is 2. The zero-order valence-electron chi connectivity index (χ0n) is 13.1. The van der Waals surface area contributed by atoms with E-state index in [1.54, 1.807) is 26.8 Å². The number of carbonyl (C=O) groups is 2. The molecule has 1 aromatic heterocycles. The predicted molar refractivity (Wildman–Crippen MR) is 76.9 cm³/mol. The molecule has 1 aromatic rings. The van der Waals surface area contributed by atoms with E-state index >= 15 is 0 Å². The molecule has 1 amide bonds. The van der Waals surface area contributed by atoms with Crippen LogP contribution in [-0.2, 0) is 20.7 Å². The Morgan fingerprint density at radius 1 is 1.39 bits per heavy atom. The molecule has 1 heterocycles. The first-order chi connectivity index (χ1) is 10.7. The van der Waals surface area contributed by atoms with Gasteiger partial charge in [0.05, 0.1) is 6.26 Å². The Morgan fingerprint density at radius 3 is 2.61 bits per heavy atom. The number of carbonyl (C=O) groups excluding carboxylic acids is 2. The van der Waals surface area contributed by atoms with Crippen LogP contribution < -0.4 is 5.32 Å². The highest BCUT2D eigenvalue weighted by molar-refractivity contribution is 5.81. The zero-order valence-corrected chi connectivity index (χ0v) is 13.1. The van der Waals surface area contributed by atoms with E-state index in [1.165, 1.54) is 12.3 Å². The van der Waals surface area contributed by atoms with Crippen LogP contribution in [-0.4, -0.2) is 30.3 Å². The molecule has 122 valence electrons. The van der Waals surface area contributed by atoms with E-state index in [0.717, 1.165) is 0 Å². The molecule has 8 heteroatoms. The first kappa shape index (κ1) is 18.1. The van der Waals surface area contributed by atoms with Crippen LogP contribution in [0.1, 0.15) is 32.1 Å². The molecule has 0 bridgehead atoms. The van der Waals surface area contributed by atoms with Crippen LogP contribution in [0.5, 0.6) is 0 Å². The summed E-state index contributed by atoms with van der Waals surface area (Å²) >= 11 is 0. The molecule has 1 atom stereocenters. The van der Waals surface area contributed by atoms with Gasteiger partial charge in [-0.1, -0.05) is 0 Å². The minimum absolute atomic E-state index is 0.0364. The molecule has 0 saturated carbocycles. The summed E-state index contributed by atoms with van der Waals surface area (Å²) in [5, 5.41) is 19.6. The number of hydrogen-bond acceptors (Lipinski definition) is 7. The van der Waals surface area contributed by atoms with Crippen molar-refractivity contribution in [1.29, 1.82) is 10.5 Å². The number of nitriles is 2. The second kappa shape index (κ2) is 7.85. The molecule has 0 aromatic carbocycles. The van der Waals surface area contributed by atoms with E-state index in [2.05, 4.69) is 5.32 Å². The Hall–Kier alpha value is -3.00. The maximum atomic E-state index is 11.9. The second-order valence-electron chi connectivity index (χ2n) is 5.60. The van der Waals surface area contributed by atoms with Gasteiger partial charge in [0, 0.05) is 6.42 Å². The van der Waals surface area contributed by atoms with E-state index in [0.29, 0.717) is 5.56 Å². The summed E-state index contributed by atoms with van der Waals surface area (Å²) in [6.45, 7) is 4.63. The number of alkyl carbamates (subject to hydrolysis) is 1. The summed E-state index contributed by atoms with van der Waals surface area (Å²) in [5.74, 6) is -0.696. The van der Waals surface area contributed by atoms with Gasteiger partial charge in [-0.05, 0) is 32.4 Å². The molecule has 0 saturated heterocycles. The number of amides is 1. The van der Waals surface area contributed by atoms with Crippen molar-refractivity contribution in [2.45, 2.75) is 38.8 Å². The fourth-order valence-corrected chi connectivity index (χ4v) is 1.62. The fraction of sp³-hybridized carbons (Fsp3) is 0.467. The van der Waals surface area contributed by atoms with Crippen LogP contribution in [0, 0.1) is 22.7 Å². The lowest BCUT2D eigenvalue weighted by molar-refractivity contribution is -0.144. The van der Waals surface area contributed by atoms with E-state index < -0.39 is 30.3 Å². The Kier molecular flexibility index (Phi) is 6.16. The highest BCUT2D eigenvalue weighted by Crippen LogP contribution is 2.12. The van der Waals surface area contributed by atoms with Gasteiger partial charge in [-0.2, -0.15) is 10.5 Å². The number of rotatable bonds is 5. The Balaban J connectivity index is 2.80. The van der Waals surface area contributed by atoms with Crippen LogP contribution in [0.25, 0.3) is 0 Å². The summed E-state index contributed by atoms with van der Waals surface area (Å²) in [6, 6.07) is 3.87. The molecule has 1 N–H and O–H groups in total. The van der Waals surface area contributed by atoms with E-state index in [1.807, 2.05) is 6.07 Å². The SMILES string of the molecule is CC(C)(C)OC(=O)N[C@@H](Cc1coc(C#N)c1)C(=O)OCC#N. The lowest BCUT2D eigenvalue weighted by Crippen LogP contribution is -2.45. The summed E-state index contributed by atoms with van der Waals surface area (Å²) < 4.78 is 14.8. The maximum absolute atomic E-state index is 11.9. The first-order valence-electron chi connectivity index (χ1n) is 6.76. The average Bonchev–Trinajstić information content (AvgIpc) is 2.89. The summed E-state index contributed by atoms with van der Waals surface area (Å²) in [4.78, 5) is 23.8. The van der Waals surface area contributed by atoms with Crippen molar-refractivity contribution >= 4 is 12.1 Å². The van der Waals surface area contributed by atoms with E-state index in [4.69, 9.17) is 24.4 Å². The van der Waals surface area contributed by atoms with Crippen LogP contribution in [0.3, 0.4) is 0 Å². The molecular formula is C15H17N3O5. The van der Waals surface area contributed by atoms with Crippen molar-refractivity contribution < 1.29 is 23.5 Å². The Bertz CT molecular complexity index is 645. The molecule has 23 heavy (non-hydrogen) atoms. The van der Waals surface area contributed by atoms with Crippen LogP contribution >= 0.6 is 0 Å². The normalized spacial score (nSPS) is 11.7. The lowest BCUT2D eigenvalue weighted by atomic mass is 10.1. The fourth-order valence-electron chi connectivity index (χ4n) is 1.62. The van der Waals surface area contributed by atoms with Gasteiger partial charge < -0.3 is 19.2 Å². The van der Waals surface area contributed by atoms with Gasteiger partial charge in [0.15, 0.2) is 6.61 Å². The Labute approximate surface area is 133 Å². The minimum Gasteiger partial charge on any atom is -0.454 e. The predicted octanol–water partition coefficient (Wildman–Crippen LogP) is 1.65. The van der Waals surface area contributed by atoms with Crippen LogP contribution in [0.2, 0.25) is 0 Å². The first-order valence-corrected chi connectivity index (χ1v) is 6.76. The molecule has 0 fully saturated rings. The van der Waals surface area contributed by atoms with Gasteiger partial charge in [-0.3, -0.25) is 0 Å². The lowest BCUT2D eigenvalue weighted by Gasteiger charge is -2.22. The van der Waals surface area contributed by atoms with Crippen LogP contribution in [0.15, 0.2) is 16.7 Å². The van der Waals surface area contributed by atoms with Crippen molar-refractivity contribution in [2.24, 2.45) is 0 Å². The second-order valence-corrected chi connectivity index (χ2v) is 5.60. The third-order valence-corrected chi connectivity index (χ3v) is 2.46. The molecule has 0 aliphatic rings. The number of nitrogens with one attached hydrogen (secondary N) is 1. The van der Waals surface area contributed by atoms with Crippen LogP contribution in [0.4, 0.5) is 4.79 Å². The van der Waals surface area contributed by atoms with Crippen molar-refractivity contribution in [3.8, 4) is 12.1 Å². The highest BCUT2D eigenvalue weighted by atomic mass is 16.6. The quantitative estimate of drug-likeness (QED) is 0.818. The number of esters is 1. The van der Waals surface area contributed by atoms with Gasteiger partial charge in [-0.25, -0.2) is 9.59 Å². The molecule has 0 radical (unpaired) electrons. The third-order valence-electron chi connectivity index (χ3n) is 2.46. The van der Waals surface area contributed by atoms with Crippen molar-refractivity contribution in [1.82, 2.24) is 5.32 Å². The van der Waals surface area contributed by atoms with Gasteiger partial charge in [0.25, 0.3) is 0 Å². The van der Waals surface area contributed by atoms with E-state index in [9.17, 15) is 9.59 Å². The topological polar surface area (TPSA) is 125 Å². The van der Waals surface area contributed by atoms with Crippen molar-refractivity contribution in [3.05, 3.63) is 23.7 Å². The monoisotopic (exact) mass is 319 g/mol. The number of furan rings is 1. The largest absolute Gasteiger partial charge is 0.454 e. The average molecular weight is 319 g/mol. The third kappa shape index (κ3) is 6.53. The minimum atomic E-state index is -1.07. The standard InChI is InChI=1S/C15H17N3O5/c1-15(2,3)23-14(20)18-12(13(19)21-5-4-16)7-10-6-11(8-17)22-9-10/h6,9,12H,5,7H2,1-3H3,(H,18,20)/t12-/m0/s1. The number of nitrogens with zero attached hydrogens (tertiary/aromatic N) is 2. The van der Waals surface area contributed by atoms with Crippen molar-refractivity contribution in [3.63, 3.8) is 0 Å². The Morgan fingerprint density at radius 2 is 2.09 bits per heavy atom. The maximum Gasteiger partial charge on any atom is 0.408 e. The van der Waals surface area contributed by atoms with Gasteiger partial charge >= 0.3 is 12.1 Å². The van der Waals surface area contributed by atoms with Gasteiger partial charge in [0.2, 0.25) is 5.76 Å². The van der Waals surface area contributed by atoms with Gasteiger partial charge in [-0.15, -0.1) is 0 Å². The summed E-state index contributed by atoms with van der Waals surface area (Å²) in [6.07, 6.45) is 0.551. The molecule has 0 aliphatic carbocycles. The highest BCUT2D eigenvalue weighted by Gasteiger charge is 2.26. The molecule has 8 nitrogen and oxygen atoms in total. The summed E-state index contributed by atoms with van der Waals surface area (Å²) in [7, 11) is 0. The molecule has 1 rings (SSSR count). The zero-order chi connectivity index (χ0) is 17.5. The molecule has 0 unspecified atom stereocenters. The van der Waals surface area contributed by atoms with Gasteiger partial charge in [0.1, 0.15) is 23.8 Å². The molecule has 0 aliphatic heterocycles. The van der Waals surface area contributed by atoms with Crippen molar-refractivity contribution in [2.75, 3.05) is 6.61 Å². The number of hydrogen-bond donors (Lipinski definition) is 1. The van der Waals surface area contributed by atoms with E-state index in [-0.39, 0.29) is 12.2 Å². The smallest absolute Gasteiger partial charge is 0.408 e. The molecule has 0 spiro atoms. The summed E-state index contributed by atoms with van der Waals surface area (Å²) in [5.41, 5.74) is -0.203.